The van der Waals surface area contributed by atoms with Gasteiger partial charge in [-0.3, -0.25) is 4.99 Å². The molecule has 0 bridgehead atoms. The number of hydrogen-bond acceptors (Lipinski definition) is 3. The second-order valence-electron chi connectivity index (χ2n) is 5.47. The van der Waals surface area contributed by atoms with Gasteiger partial charge in [-0.1, -0.05) is 23.7 Å². The standard InChI is InChI=1S/C17H17ClFN3/c1-10(20)16-9-21-17(12-4-2-3-5-14(12)19)13-8-11(18)6-7-15(13)22-16/h2-8,10,16,22H,9,20H2,1H3. The SMILES string of the molecule is CC(N)C1CN=C(c2ccccc2F)c2cc(Cl)ccc2N1. The number of anilines is 1. The maximum Gasteiger partial charge on any atom is 0.132 e. The number of rotatable bonds is 2. The Morgan fingerprint density at radius 2 is 2.05 bits per heavy atom. The molecular weight excluding hydrogens is 301 g/mol. The van der Waals surface area contributed by atoms with Gasteiger partial charge in [0.25, 0.3) is 0 Å². The Bertz CT molecular complexity index is 728. The second kappa shape index (κ2) is 6.07. The average Bonchev–Trinajstić information content (AvgIpc) is 2.67. The Hall–Kier alpha value is -1.91. The van der Waals surface area contributed by atoms with Crippen molar-refractivity contribution in [2.45, 2.75) is 19.0 Å². The minimum absolute atomic E-state index is 0.0100. The first kappa shape index (κ1) is 15.0. The third-order valence-corrected chi connectivity index (χ3v) is 4.02. The van der Waals surface area contributed by atoms with Crippen molar-refractivity contribution in [1.29, 1.82) is 0 Å². The van der Waals surface area contributed by atoms with Gasteiger partial charge in [-0.2, -0.15) is 0 Å². The highest BCUT2D eigenvalue weighted by molar-refractivity contribution is 6.31. The molecular formula is C17H17ClFN3. The van der Waals surface area contributed by atoms with E-state index in [1.165, 1.54) is 6.07 Å². The molecule has 0 aliphatic carbocycles. The fraction of sp³-hybridized carbons (Fsp3) is 0.235. The van der Waals surface area contributed by atoms with E-state index in [4.69, 9.17) is 17.3 Å². The van der Waals surface area contributed by atoms with Gasteiger partial charge < -0.3 is 11.1 Å². The van der Waals surface area contributed by atoms with Gasteiger partial charge in [0, 0.05) is 27.9 Å². The summed E-state index contributed by atoms with van der Waals surface area (Å²) < 4.78 is 14.2. The average molecular weight is 318 g/mol. The molecule has 2 unspecified atom stereocenters. The molecule has 5 heteroatoms. The lowest BCUT2D eigenvalue weighted by molar-refractivity contribution is 0.605. The molecule has 1 aliphatic heterocycles. The number of aliphatic imine (C=N–C) groups is 1. The van der Waals surface area contributed by atoms with Crippen LogP contribution in [0.5, 0.6) is 0 Å². The van der Waals surface area contributed by atoms with Crippen LogP contribution in [0.1, 0.15) is 18.1 Å². The minimum atomic E-state index is -0.300. The van der Waals surface area contributed by atoms with Gasteiger partial charge in [-0.15, -0.1) is 0 Å². The van der Waals surface area contributed by atoms with Crippen LogP contribution in [-0.2, 0) is 0 Å². The predicted molar refractivity (Wildman–Crippen MR) is 89.4 cm³/mol. The van der Waals surface area contributed by atoms with Crippen LogP contribution in [0, 0.1) is 5.82 Å². The summed E-state index contributed by atoms with van der Waals surface area (Å²) in [5, 5.41) is 3.97. The number of nitrogens with one attached hydrogen (secondary N) is 1. The van der Waals surface area contributed by atoms with E-state index in [1.807, 2.05) is 13.0 Å². The molecule has 0 saturated carbocycles. The van der Waals surface area contributed by atoms with E-state index in [0.717, 1.165) is 11.3 Å². The first-order valence-corrected chi connectivity index (χ1v) is 7.55. The summed E-state index contributed by atoms with van der Waals surface area (Å²) in [6.45, 7) is 2.41. The molecule has 2 aromatic carbocycles. The summed E-state index contributed by atoms with van der Waals surface area (Å²) in [6.07, 6.45) is 0. The third-order valence-electron chi connectivity index (χ3n) is 3.79. The van der Waals surface area contributed by atoms with Gasteiger partial charge in [-0.05, 0) is 37.3 Å². The van der Waals surface area contributed by atoms with Gasteiger partial charge in [0.15, 0.2) is 0 Å². The van der Waals surface area contributed by atoms with Crippen LogP contribution in [-0.4, -0.2) is 24.3 Å². The van der Waals surface area contributed by atoms with Gasteiger partial charge in [0.05, 0.1) is 18.3 Å². The van der Waals surface area contributed by atoms with Gasteiger partial charge in [0.2, 0.25) is 0 Å². The van der Waals surface area contributed by atoms with Gasteiger partial charge >= 0.3 is 0 Å². The first-order chi connectivity index (χ1) is 10.6. The quantitative estimate of drug-likeness (QED) is 0.891. The molecule has 3 N–H and O–H groups in total. The highest BCUT2D eigenvalue weighted by Gasteiger charge is 2.23. The van der Waals surface area contributed by atoms with Crippen molar-refractivity contribution in [1.82, 2.24) is 0 Å². The van der Waals surface area contributed by atoms with E-state index in [0.29, 0.717) is 22.8 Å². The van der Waals surface area contributed by atoms with Crippen molar-refractivity contribution >= 4 is 23.0 Å². The number of fused-ring (bicyclic) bond motifs is 1. The molecule has 0 fully saturated rings. The van der Waals surface area contributed by atoms with Crippen LogP contribution >= 0.6 is 11.6 Å². The topological polar surface area (TPSA) is 50.4 Å². The number of nitrogens with two attached hydrogens (primary N) is 1. The minimum Gasteiger partial charge on any atom is -0.378 e. The molecule has 0 radical (unpaired) electrons. The summed E-state index contributed by atoms with van der Waals surface area (Å²) in [6, 6.07) is 12.0. The Morgan fingerprint density at radius 3 is 2.77 bits per heavy atom. The van der Waals surface area contributed by atoms with Gasteiger partial charge in [0.1, 0.15) is 5.82 Å². The fourth-order valence-corrected chi connectivity index (χ4v) is 2.71. The second-order valence-corrected chi connectivity index (χ2v) is 5.91. The molecule has 1 aliphatic rings. The number of benzene rings is 2. The third kappa shape index (κ3) is 2.85. The zero-order chi connectivity index (χ0) is 15.7. The Kier molecular flexibility index (Phi) is 4.14. The number of benzodiazepines with no additional fused rings is 1. The Morgan fingerprint density at radius 1 is 1.27 bits per heavy atom. The smallest absolute Gasteiger partial charge is 0.132 e. The molecule has 0 amide bonds. The molecule has 114 valence electrons. The molecule has 22 heavy (non-hydrogen) atoms. The van der Waals surface area contributed by atoms with E-state index in [-0.39, 0.29) is 17.9 Å². The lowest BCUT2D eigenvalue weighted by Gasteiger charge is -2.20. The van der Waals surface area contributed by atoms with E-state index in [1.54, 1.807) is 30.3 Å². The molecule has 2 atom stereocenters. The van der Waals surface area contributed by atoms with Crippen molar-refractivity contribution in [3.63, 3.8) is 0 Å². The van der Waals surface area contributed by atoms with Crippen molar-refractivity contribution in [2.24, 2.45) is 10.7 Å². The van der Waals surface area contributed by atoms with Crippen LogP contribution in [0.15, 0.2) is 47.5 Å². The van der Waals surface area contributed by atoms with Gasteiger partial charge in [-0.25, -0.2) is 4.39 Å². The summed E-state index contributed by atoms with van der Waals surface area (Å²) in [4.78, 5) is 4.61. The van der Waals surface area contributed by atoms with Crippen LogP contribution in [0.4, 0.5) is 10.1 Å². The molecule has 1 heterocycles. The predicted octanol–water partition coefficient (Wildman–Crippen LogP) is 3.46. The molecule has 0 saturated heterocycles. The highest BCUT2D eigenvalue weighted by Crippen LogP contribution is 2.28. The molecule has 3 nitrogen and oxygen atoms in total. The summed E-state index contributed by atoms with van der Waals surface area (Å²) in [7, 11) is 0. The number of halogens is 2. The maximum atomic E-state index is 14.2. The normalized spacial score (nSPS) is 18.7. The zero-order valence-electron chi connectivity index (χ0n) is 12.2. The van der Waals surface area contributed by atoms with Crippen molar-refractivity contribution in [2.75, 3.05) is 11.9 Å². The van der Waals surface area contributed by atoms with E-state index in [9.17, 15) is 4.39 Å². The number of nitrogens with zero attached hydrogens (tertiary/aromatic N) is 1. The maximum absolute atomic E-state index is 14.2. The van der Waals surface area contributed by atoms with Crippen LogP contribution in [0.2, 0.25) is 5.02 Å². The van der Waals surface area contributed by atoms with Crippen LogP contribution in [0.25, 0.3) is 0 Å². The van der Waals surface area contributed by atoms with Crippen molar-refractivity contribution in [3.05, 3.63) is 64.4 Å². The number of hydrogen-bond donors (Lipinski definition) is 2. The van der Waals surface area contributed by atoms with Crippen molar-refractivity contribution in [3.8, 4) is 0 Å². The highest BCUT2D eigenvalue weighted by atomic mass is 35.5. The lowest BCUT2D eigenvalue weighted by atomic mass is 10.00. The first-order valence-electron chi connectivity index (χ1n) is 7.17. The zero-order valence-corrected chi connectivity index (χ0v) is 12.9. The lowest BCUT2D eigenvalue weighted by Crippen LogP contribution is -2.39. The summed E-state index contributed by atoms with van der Waals surface area (Å²) in [5.41, 5.74) is 8.74. The fourth-order valence-electron chi connectivity index (χ4n) is 2.54. The van der Waals surface area contributed by atoms with Crippen LogP contribution < -0.4 is 11.1 Å². The monoisotopic (exact) mass is 317 g/mol. The van der Waals surface area contributed by atoms with Crippen molar-refractivity contribution < 1.29 is 4.39 Å². The molecule has 2 aromatic rings. The van der Waals surface area contributed by atoms with Crippen LogP contribution in [0.3, 0.4) is 0 Å². The van der Waals surface area contributed by atoms with E-state index >= 15 is 0 Å². The molecule has 3 rings (SSSR count). The molecule has 0 spiro atoms. The molecule has 0 aromatic heterocycles. The van der Waals surface area contributed by atoms with E-state index < -0.39 is 0 Å². The Balaban J connectivity index is 2.17. The summed E-state index contributed by atoms with van der Waals surface area (Å²) in [5.74, 6) is -0.300. The van der Waals surface area contributed by atoms with E-state index in [2.05, 4.69) is 10.3 Å². The summed E-state index contributed by atoms with van der Waals surface area (Å²) >= 11 is 6.12. The largest absolute Gasteiger partial charge is 0.378 e. The Labute approximate surface area is 134 Å².